The van der Waals surface area contributed by atoms with Crippen LogP contribution in [-0.4, -0.2) is 57.4 Å². The number of carboxylic acid groups (broad SMARTS) is 1. The van der Waals surface area contributed by atoms with Crippen LogP contribution in [0.1, 0.15) is 46.9 Å². The summed E-state index contributed by atoms with van der Waals surface area (Å²) in [6.07, 6.45) is 6.00. The van der Waals surface area contributed by atoms with Gasteiger partial charge >= 0.3 is 5.97 Å². The molecule has 1 aliphatic carbocycles. The zero-order valence-electron chi connectivity index (χ0n) is 21.0. The van der Waals surface area contributed by atoms with E-state index < -0.39 is 5.97 Å². The maximum Gasteiger partial charge on any atom is 0.337 e. The third-order valence-electron chi connectivity index (χ3n) is 8.42. The highest BCUT2D eigenvalue weighted by Gasteiger charge is 2.44. The Labute approximate surface area is 230 Å². The van der Waals surface area contributed by atoms with Gasteiger partial charge in [0.1, 0.15) is 11.5 Å². The monoisotopic (exact) mass is 550 g/mol. The van der Waals surface area contributed by atoms with Crippen molar-refractivity contribution in [1.29, 1.82) is 0 Å². The summed E-state index contributed by atoms with van der Waals surface area (Å²) in [4.78, 5) is 16.7. The Kier molecular flexibility index (Phi) is 5.73. The molecule has 4 fully saturated rings. The van der Waals surface area contributed by atoms with Crippen molar-refractivity contribution < 1.29 is 14.4 Å². The second kappa shape index (κ2) is 9.04. The Morgan fingerprint density at radius 1 is 1.13 bits per heavy atom. The Morgan fingerprint density at radius 3 is 2.55 bits per heavy atom. The SMILES string of the molecule is Cn1cc(C(=O)O)c2ccc(N3C4CC3CN(CCc3c(-c5c(Cl)cccc5Cl)noc3C3CC3)C4)cc21. The first-order valence-corrected chi connectivity index (χ1v) is 13.9. The second-order valence-corrected chi connectivity index (χ2v) is 11.7. The van der Waals surface area contributed by atoms with Crippen molar-refractivity contribution in [1.82, 2.24) is 14.6 Å². The number of carboxylic acids is 1. The molecule has 2 bridgehead atoms. The average Bonchev–Trinajstić information content (AvgIpc) is 3.57. The fourth-order valence-electron chi connectivity index (χ4n) is 6.42. The number of hydrogen-bond acceptors (Lipinski definition) is 5. The number of benzene rings is 2. The summed E-state index contributed by atoms with van der Waals surface area (Å²) in [6.45, 7) is 2.91. The standard InChI is InChI=1S/C29H28Cl2N4O3/c1-33-15-22(29(36)37)20-8-7-17(12-25(20)33)35-18-11-19(35)14-34(13-18)10-9-21-27(32-38-28(21)16-5-6-16)26-23(30)3-2-4-24(26)31/h2-4,7-8,12,15-16,18-19H,5-6,9-11,13-14H2,1H3,(H,36,37). The first-order valence-electron chi connectivity index (χ1n) is 13.1. The van der Waals surface area contributed by atoms with Crippen LogP contribution in [0.15, 0.2) is 47.1 Å². The van der Waals surface area contributed by atoms with Gasteiger partial charge in [0, 0.05) is 73.1 Å². The van der Waals surface area contributed by atoms with Crippen LogP contribution >= 0.6 is 23.2 Å². The van der Waals surface area contributed by atoms with Crippen LogP contribution in [-0.2, 0) is 13.5 Å². The molecule has 4 aliphatic rings. The normalized spacial score (nSPS) is 21.2. The van der Waals surface area contributed by atoms with E-state index in [1.54, 1.807) is 6.20 Å². The molecule has 0 radical (unpaired) electrons. The van der Waals surface area contributed by atoms with Crippen molar-refractivity contribution in [2.45, 2.75) is 43.7 Å². The van der Waals surface area contributed by atoms with Gasteiger partial charge in [0.2, 0.25) is 0 Å². The van der Waals surface area contributed by atoms with Crippen LogP contribution in [0, 0.1) is 0 Å². The number of aromatic nitrogens is 2. The van der Waals surface area contributed by atoms with E-state index in [2.05, 4.69) is 27.1 Å². The van der Waals surface area contributed by atoms with Gasteiger partial charge in [-0.15, -0.1) is 0 Å². The summed E-state index contributed by atoms with van der Waals surface area (Å²) in [7, 11) is 1.90. The van der Waals surface area contributed by atoms with Crippen LogP contribution in [0.25, 0.3) is 22.2 Å². The van der Waals surface area contributed by atoms with Gasteiger partial charge < -0.3 is 19.1 Å². The number of nitrogens with zero attached hydrogens (tertiary/aromatic N) is 4. The molecule has 0 spiro atoms. The molecule has 2 atom stereocenters. The average molecular weight is 551 g/mol. The van der Waals surface area contributed by atoms with E-state index in [9.17, 15) is 9.90 Å². The number of aryl methyl sites for hydroxylation is 1. The summed E-state index contributed by atoms with van der Waals surface area (Å²) in [5.41, 5.74) is 5.15. The third kappa shape index (κ3) is 3.91. The first-order chi connectivity index (χ1) is 18.4. The molecular formula is C29H28Cl2N4O3. The van der Waals surface area contributed by atoms with Gasteiger partial charge in [-0.1, -0.05) is 34.4 Å². The van der Waals surface area contributed by atoms with E-state index in [0.717, 1.165) is 72.4 Å². The summed E-state index contributed by atoms with van der Waals surface area (Å²) in [5.74, 6) is 0.556. The molecule has 2 aromatic heterocycles. The molecule has 196 valence electrons. The van der Waals surface area contributed by atoms with E-state index in [0.29, 0.717) is 33.6 Å². The third-order valence-corrected chi connectivity index (χ3v) is 9.05. The minimum absolute atomic E-state index is 0.348. The number of aromatic carboxylic acids is 1. The van der Waals surface area contributed by atoms with E-state index in [1.807, 2.05) is 35.9 Å². The van der Waals surface area contributed by atoms with Crippen molar-refractivity contribution >= 4 is 45.8 Å². The lowest BCUT2D eigenvalue weighted by atomic mass is 9.86. The Bertz CT molecular complexity index is 1540. The molecule has 1 N–H and O–H groups in total. The molecule has 3 saturated heterocycles. The minimum Gasteiger partial charge on any atom is -0.478 e. The van der Waals surface area contributed by atoms with Crippen LogP contribution in [0.2, 0.25) is 10.0 Å². The molecule has 4 aromatic rings. The molecule has 5 heterocycles. The van der Waals surface area contributed by atoms with Crippen LogP contribution in [0.3, 0.4) is 0 Å². The molecule has 1 saturated carbocycles. The highest BCUT2D eigenvalue weighted by molar-refractivity contribution is 6.39. The maximum atomic E-state index is 11.6. The molecule has 3 aliphatic heterocycles. The van der Waals surface area contributed by atoms with Crippen molar-refractivity contribution in [3.05, 3.63) is 69.5 Å². The Hall–Kier alpha value is -3.00. The van der Waals surface area contributed by atoms with E-state index in [-0.39, 0.29) is 0 Å². The summed E-state index contributed by atoms with van der Waals surface area (Å²) >= 11 is 13.1. The highest BCUT2D eigenvalue weighted by atomic mass is 35.5. The quantitative estimate of drug-likeness (QED) is 0.294. The summed E-state index contributed by atoms with van der Waals surface area (Å²) < 4.78 is 7.76. The molecule has 2 aromatic carbocycles. The number of fused-ring (bicyclic) bond motifs is 3. The number of rotatable bonds is 7. The van der Waals surface area contributed by atoms with Crippen LogP contribution in [0.5, 0.6) is 0 Å². The number of hydrogen-bond donors (Lipinski definition) is 1. The summed E-state index contributed by atoms with van der Waals surface area (Å²) in [5, 5.41) is 15.9. The van der Waals surface area contributed by atoms with Gasteiger partial charge in [0.15, 0.2) is 0 Å². The van der Waals surface area contributed by atoms with Gasteiger partial charge in [-0.3, -0.25) is 4.90 Å². The zero-order chi connectivity index (χ0) is 26.1. The van der Waals surface area contributed by atoms with Gasteiger partial charge in [-0.2, -0.15) is 0 Å². The lowest BCUT2D eigenvalue weighted by Gasteiger charge is -2.57. The fraction of sp³-hybridized carbons (Fsp3) is 0.379. The molecule has 7 nitrogen and oxygen atoms in total. The first kappa shape index (κ1) is 24.1. The molecule has 0 amide bonds. The Morgan fingerprint density at radius 2 is 1.87 bits per heavy atom. The molecular weight excluding hydrogens is 523 g/mol. The van der Waals surface area contributed by atoms with E-state index in [4.69, 9.17) is 27.7 Å². The predicted molar refractivity (Wildman–Crippen MR) is 149 cm³/mol. The van der Waals surface area contributed by atoms with Crippen molar-refractivity contribution in [2.75, 3.05) is 24.5 Å². The molecule has 2 unspecified atom stereocenters. The lowest BCUT2D eigenvalue weighted by Crippen LogP contribution is -2.69. The summed E-state index contributed by atoms with van der Waals surface area (Å²) in [6, 6.07) is 12.6. The van der Waals surface area contributed by atoms with Gasteiger partial charge in [-0.25, -0.2) is 4.79 Å². The van der Waals surface area contributed by atoms with Crippen molar-refractivity contribution in [3.8, 4) is 11.3 Å². The number of piperidine rings is 1. The van der Waals surface area contributed by atoms with Gasteiger partial charge in [-0.05, 0) is 56.0 Å². The molecule has 9 heteroatoms. The largest absolute Gasteiger partial charge is 0.478 e. The minimum atomic E-state index is -0.891. The zero-order valence-corrected chi connectivity index (χ0v) is 22.5. The Balaban J connectivity index is 1.08. The van der Waals surface area contributed by atoms with E-state index in [1.165, 1.54) is 12.1 Å². The van der Waals surface area contributed by atoms with Crippen LogP contribution in [0.4, 0.5) is 5.69 Å². The fourth-order valence-corrected chi connectivity index (χ4v) is 7.00. The van der Waals surface area contributed by atoms with Gasteiger partial charge in [0.25, 0.3) is 0 Å². The molecule has 38 heavy (non-hydrogen) atoms. The number of carbonyl (C=O) groups is 1. The number of halogens is 2. The van der Waals surface area contributed by atoms with Crippen LogP contribution < -0.4 is 4.90 Å². The topological polar surface area (TPSA) is 74.7 Å². The molecule has 8 rings (SSSR count). The predicted octanol–water partition coefficient (Wildman–Crippen LogP) is 6.22. The second-order valence-electron chi connectivity index (χ2n) is 10.9. The van der Waals surface area contributed by atoms with Crippen molar-refractivity contribution in [2.24, 2.45) is 7.05 Å². The maximum absolute atomic E-state index is 11.6. The highest BCUT2D eigenvalue weighted by Crippen LogP contribution is 2.46. The lowest BCUT2D eigenvalue weighted by molar-refractivity contribution is 0.0699. The number of piperazine rings is 1. The smallest absolute Gasteiger partial charge is 0.337 e. The number of anilines is 1. The van der Waals surface area contributed by atoms with Gasteiger partial charge in [0.05, 0.1) is 21.1 Å². The van der Waals surface area contributed by atoms with E-state index >= 15 is 0 Å². The van der Waals surface area contributed by atoms with Crippen molar-refractivity contribution in [3.63, 3.8) is 0 Å².